The van der Waals surface area contributed by atoms with Crippen LogP contribution in [0.15, 0.2) is 42.2 Å². The first kappa shape index (κ1) is 18.2. The maximum atomic E-state index is 12.3. The van der Waals surface area contributed by atoms with Crippen LogP contribution in [0.3, 0.4) is 0 Å². The van der Waals surface area contributed by atoms with Gasteiger partial charge >= 0.3 is 0 Å². The number of aromatic nitrogens is 4. The number of nitrogens with one attached hydrogen (secondary N) is 1. The van der Waals surface area contributed by atoms with E-state index in [0.29, 0.717) is 18.1 Å². The molecule has 10 heteroatoms. The van der Waals surface area contributed by atoms with Crippen molar-refractivity contribution in [3.8, 4) is 0 Å². The summed E-state index contributed by atoms with van der Waals surface area (Å²) in [5, 5.41) is 13.6. The van der Waals surface area contributed by atoms with Crippen LogP contribution in [0.4, 0.5) is 0 Å². The Morgan fingerprint density at radius 3 is 2.73 bits per heavy atom. The number of rotatable bonds is 5. The molecule has 3 rings (SSSR count). The molecule has 0 saturated carbocycles. The fraction of sp³-hybridized carbons (Fsp3) is 0.375. The van der Waals surface area contributed by atoms with E-state index < -0.39 is 18.1 Å². The fourth-order valence-corrected chi connectivity index (χ4v) is 3.27. The summed E-state index contributed by atoms with van der Waals surface area (Å²) in [6.45, 7) is 0.623. The van der Waals surface area contributed by atoms with Gasteiger partial charge in [-0.05, 0) is 12.5 Å². The van der Waals surface area contributed by atoms with Gasteiger partial charge in [-0.2, -0.15) is 0 Å². The molecule has 9 nitrogen and oxygen atoms in total. The lowest BCUT2D eigenvalue weighted by atomic mass is 10.0. The van der Waals surface area contributed by atoms with Crippen molar-refractivity contribution >= 4 is 23.6 Å². The van der Waals surface area contributed by atoms with E-state index in [4.69, 9.17) is 0 Å². The normalized spacial score (nSPS) is 19.8. The third kappa shape index (κ3) is 4.73. The van der Waals surface area contributed by atoms with Crippen LogP contribution in [0.5, 0.6) is 0 Å². The lowest BCUT2D eigenvalue weighted by Crippen LogP contribution is -2.55. The molecule has 2 atom stereocenters. The summed E-state index contributed by atoms with van der Waals surface area (Å²) in [5.41, 5.74) is 0.192. The third-order valence-electron chi connectivity index (χ3n) is 3.91. The van der Waals surface area contributed by atoms with Gasteiger partial charge in [-0.3, -0.25) is 14.6 Å². The lowest BCUT2D eigenvalue weighted by Gasteiger charge is -2.36. The minimum Gasteiger partial charge on any atom is -0.389 e. The molecule has 1 aliphatic heterocycles. The number of aliphatic hydroxyl groups is 1. The molecule has 2 aromatic heterocycles. The van der Waals surface area contributed by atoms with Crippen LogP contribution in [-0.2, 0) is 4.79 Å². The topological polar surface area (TPSA) is 121 Å². The van der Waals surface area contributed by atoms with Crippen molar-refractivity contribution in [3.63, 3.8) is 0 Å². The molecule has 2 aromatic rings. The molecule has 26 heavy (non-hydrogen) atoms. The zero-order valence-electron chi connectivity index (χ0n) is 13.9. The molecule has 0 bridgehead atoms. The molecule has 0 aliphatic carbocycles. The summed E-state index contributed by atoms with van der Waals surface area (Å²) in [5.74, 6) is -0.285. The minimum absolute atomic E-state index is 0.0970. The van der Waals surface area contributed by atoms with E-state index in [1.807, 2.05) is 0 Å². The van der Waals surface area contributed by atoms with E-state index in [1.165, 1.54) is 30.4 Å². The molecule has 1 fully saturated rings. The van der Waals surface area contributed by atoms with E-state index in [-0.39, 0.29) is 23.9 Å². The molecule has 2 amide bonds. The Hall–Kier alpha value is -2.59. The van der Waals surface area contributed by atoms with Crippen LogP contribution < -0.4 is 5.32 Å². The van der Waals surface area contributed by atoms with Crippen molar-refractivity contribution in [2.75, 3.05) is 18.8 Å². The molecular weight excluding hydrogens is 356 g/mol. The van der Waals surface area contributed by atoms with Crippen LogP contribution >= 0.6 is 11.8 Å². The number of likely N-dealkylation sites (tertiary alicyclic amines) is 1. The number of β-amino-alcohol motifs (C(OH)–C–C–N with tert-alkyl or cyclic N) is 1. The largest absolute Gasteiger partial charge is 0.389 e. The molecular formula is C16H18N6O3S. The van der Waals surface area contributed by atoms with Crippen LogP contribution in [0.2, 0.25) is 0 Å². The molecule has 1 aliphatic rings. The Morgan fingerprint density at radius 2 is 2.04 bits per heavy atom. The predicted octanol–water partition coefficient (Wildman–Crippen LogP) is -0.250. The monoisotopic (exact) mass is 374 g/mol. The van der Waals surface area contributed by atoms with Crippen LogP contribution in [0.1, 0.15) is 16.9 Å². The number of piperidine rings is 1. The van der Waals surface area contributed by atoms with Crippen LogP contribution in [0.25, 0.3) is 0 Å². The van der Waals surface area contributed by atoms with E-state index in [1.54, 1.807) is 23.4 Å². The highest BCUT2D eigenvalue weighted by molar-refractivity contribution is 7.99. The van der Waals surface area contributed by atoms with E-state index in [9.17, 15) is 14.7 Å². The van der Waals surface area contributed by atoms with Gasteiger partial charge in [-0.25, -0.2) is 15.0 Å². The highest BCUT2D eigenvalue weighted by Gasteiger charge is 2.31. The zero-order chi connectivity index (χ0) is 18.4. The Morgan fingerprint density at radius 1 is 1.23 bits per heavy atom. The smallest absolute Gasteiger partial charge is 0.271 e. The average Bonchev–Trinajstić information content (AvgIpc) is 2.69. The van der Waals surface area contributed by atoms with Gasteiger partial charge in [0.1, 0.15) is 5.69 Å². The first-order valence-electron chi connectivity index (χ1n) is 8.06. The van der Waals surface area contributed by atoms with E-state index >= 15 is 0 Å². The SMILES string of the molecule is O=C(N[C@@H]1CCN(C(=O)CSc2ncccn2)C[C@H]1O)c1cnccn1. The van der Waals surface area contributed by atoms with Gasteiger partial charge in [0.2, 0.25) is 5.91 Å². The van der Waals surface area contributed by atoms with Gasteiger partial charge < -0.3 is 15.3 Å². The average molecular weight is 374 g/mol. The van der Waals surface area contributed by atoms with Crippen molar-refractivity contribution in [2.45, 2.75) is 23.7 Å². The number of carbonyl (C=O) groups is 2. The summed E-state index contributed by atoms with van der Waals surface area (Å²) in [7, 11) is 0. The highest BCUT2D eigenvalue weighted by atomic mass is 32.2. The maximum absolute atomic E-state index is 12.3. The quantitative estimate of drug-likeness (QED) is 0.543. The molecule has 3 heterocycles. The summed E-state index contributed by atoms with van der Waals surface area (Å²) in [4.78, 5) is 41.9. The summed E-state index contributed by atoms with van der Waals surface area (Å²) < 4.78 is 0. The second kappa shape index (κ2) is 8.68. The summed E-state index contributed by atoms with van der Waals surface area (Å²) in [6, 6.07) is 1.28. The van der Waals surface area contributed by atoms with Crippen molar-refractivity contribution < 1.29 is 14.7 Å². The molecule has 136 valence electrons. The lowest BCUT2D eigenvalue weighted by molar-refractivity contribution is -0.131. The van der Waals surface area contributed by atoms with Gasteiger partial charge in [-0.1, -0.05) is 11.8 Å². The first-order chi connectivity index (χ1) is 12.6. The number of amides is 2. The second-order valence-corrected chi connectivity index (χ2v) is 6.63. The van der Waals surface area contributed by atoms with Crippen molar-refractivity contribution in [1.82, 2.24) is 30.2 Å². The van der Waals surface area contributed by atoms with Gasteiger partial charge in [-0.15, -0.1) is 0 Å². The minimum atomic E-state index is -0.841. The van der Waals surface area contributed by atoms with Crippen LogP contribution in [-0.4, -0.2) is 72.7 Å². The number of thioether (sulfide) groups is 1. The highest BCUT2D eigenvalue weighted by Crippen LogP contribution is 2.16. The van der Waals surface area contributed by atoms with E-state index in [0.717, 1.165) is 0 Å². The van der Waals surface area contributed by atoms with Gasteiger partial charge in [0, 0.05) is 37.9 Å². The van der Waals surface area contributed by atoms with Crippen molar-refractivity contribution in [2.24, 2.45) is 0 Å². The molecule has 0 unspecified atom stereocenters. The maximum Gasteiger partial charge on any atom is 0.271 e. The number of aliphatic hydroxyl groups excluding tert-OH is 1. The molecule has 1 saturated heterocycles. The standard InChI is InChI=1S/C16H18N6O3S/c23-13-9-22(14(24)10-26-16-19-3-1-4-20-16)7-2-11(13)21-15(25)12-8-17-5-6-18-12/h1,3-6,8,11,13,23H,2,7,9-10H2,(H,21,25)/t11-,13-/m1/s1. The van der Waals surface area contributed by atoms with Gasteiger partial charge in [0.25, 0.3) is 5.91 Å². The Bertz CT molecular complexity index is 748. The van der Waals surface area contributed by atoms with E-state index in [2.05, 4.69) is 25.3 Å². The number of hydrogen-bond donors (Lipinski definition) is 2. The van der Waals surface area contributed by atoms with Crippen molar-refractivity contribution in [3.05, 3.63) is 42.7 Å². The second-order valence-electron chi connectivity index (χ2n) is 5.69. The predicted molar refractivity (Wildman–Crippen MR) is 93.2 cm³/mol. The number of carbonyl (C=O) groups excluding carboxylic acids is 2. The molecule has 0 spiro atoms. The Labute approximate surface area is 154 Å². The Balaban J connectivity index is 1.48. The van der Waals surface area contributed by atoms with Crippen LogP contribution in [0, 0.1) is 0 Å². The first-order valence-corrected chi connectivity index (χ1v) is 9.04. The number of nitrogens with zero attached hydrogens (tertiary/aromatic N) is 5. The summed E-state index contributed by atoms with van der Waals surface area (Å²) >= 11 is 1.25. The molecule has 0 radical (unpaired) electrons. The Kier molecular flexibility index (Phi) is 6.08. The summed E-state index contributed by atoms with van der Waals surface area (Å²) in [6.07, 6.45) is 7.14. The number of hydrogen-bond acceptors (Lipinski definition) is 8. The fourth-order valence-electron chi connectivity index (χ4n) is 2.56. The van der Waals surface area contributed by atoms with Crippen molar-refractivity contribution in [1.29, 1.82) is 0 Å². The molecule has 0 aromatic carbocycles. The van der Waals surface area contributed by atoms with Gasteiger partial charge in [0.05, 0.1) is 24.1 Å². The third-order valence-corrected chi connectivity index (χ3v) is 4.77. The van der Waals surface area contributed by atoms with Gasteiger partial charge in [0.15, 0.2) is 5.16 Å². The molecule has 2 N–H and O–H groups in total. The zero-order valence-corrected chi connectivity index (χ0v) is 14.7.